The second-order valence-electron chi connectivity index (χ2n) is 4.90. The Morgan fingerprint density at radius 3 is 2.00 bits per heavy atom. The molecule has 5 heteroatoms. The molecule has 0 fully saturated rings. The molecule has 0 bridgehead atoms. The average molecular weight is 264 g/mol. The highest BCUT2D eigenvalue weighted by molar-refractivity contribution is 7.53. The highest BCUT2D eigenvalue weighted by Gasteiger charge is 2.30. The normalized spacial score (nSPS) is 14.6. The third kappa shape index (κ3) is 5.52. The summed E-state index contributed by atoms with van der Waals surface area (Å²) in [5, 5.41) is 0. The van der Waals surface area contributed by atoms with Crippen molar-refractivity contribution in [2.45, 2.75) is 39.5 Å². The summed E-state index contributed by atoms with van der Waals surface area (Å²) in [6, 6.07) is 0. The van der Waals surface area contributed by atoms with Crippen molar-refractivity contribution >= 4 is 7.67 Å². The molecule has 0 aromatic heterocycles. The molecule has 0 saturated heterocycles. The zero-order valence-corrected chi connectivity index (χ0v) is 13.2. The first-order valence-corrected chi connectivity index (χ1v) is 8.01. The van der Waals surface area contributed by atoms with Gasteiger partial charge in [-0.15, -0.1) is 0 Å². The summed E-state index contributed by atoms with van der Waals surface area (Å²) in [5.74, 6) is 0.517. The van der Waals surface area contributed by atoms with Crippen LogP contribution in [0.15, 0.2) is 0 Å². The van der Waals surface area contributed by atoms with Crippen molar-refractivity contribution in [1.29, 1.82) is 0 Å². The summed E-state index contributed by atoms with van der Waals surface area (Å²) in [6.45, 7) is 4.95. The molecule has 0 aromatic carbocycles. The Hall–Kier alpha value is 0.110. The summed E-state index contributed by atoms with van der Waals surface area (Å²) in [7, 11) is 4.40. The Morgan fingerprint density at radius 1 is 1.12 bits per heavy atom. The van der Waals surface area contributed by atoms with Gasteiger partial charge in [-0.2, -0.15) is 0 Å². The molecule has 0 radical (unpaired) electrons. The molecule has 0 rings (SSSR count). The molecule has 0 aliphatic carbocycles. The maximum atomic E-state index is 12.5. The van der Waals surface area contributed by atoms with Crippen LogP contribution in [-0.2, 0) is 9.09 Å². The Bertz CT molecular complexity index is 233. The van der Waals surface area contributed by atoms with Gasteiger partial charge in [-0.05, 0) is 40.5 Å². The molecule has 0 aliphatic heterocycles. The quantitative estimate of drug-likeness (QED) is 0.597. The molecule has 0 N–H and O–H groups in total. The lowest BCUT2D eigenvalue weighted by Gasteiger charge is -2.30. The molecule has 0 aromatic rings. The van der Waals surface area contributed by atoms with Crippen molar-refractivity contribution in [2.24, 2.45) is 5.92 Å². The summed E-state index contributed by atoms with van der Waals surface area (Å²) < 4.78 is 21.6. The van der Waals surface area contributed by atoms with Crippen LogP contribution in [0.2, 0.25) is 0 Å². The molecule has 0 unspecified atom stereocenters. The van der Waals surface area contributed by atoms with E-state index in [0.717, 1.165) is 12.8 Å². The Balaban J connectivity index is 4.34. The Kier molecular flexibility index (Phi) is 8.31. The standard InChI is InChI=1S/C12H29N2O2P/c1-7-9-10-12(8-2)11-16-17(15,13(3)4)14(5)6/h12H,7-11H2,1-6H3/t12-/m1/s1. The number of hydrogen-bond donors (Lipinski definition) is 0. The second-order valence-corrected chi connectivity index (χ2v) is 7.74. The van der Waals surface area contributed by atoms with Crippen LogP contribution in [0.3, 0.4) is 0 Å². The van der Waals surface area contributed by atoms with Gasteiger partial charge >= 0.3 is 7.67 Å². The highest BCUT2D eigenvalue weighted by Crippen LogP contribution is 2.50. The molecule has 0 saturated carbocycles. The van der Waals surface area contributed by atoms with E-state index in [0.29, 0.717) is 12.5 Å². The smallest absolute Gasteiger partial charge is 0.306 e. The second kappa shape index (κ2) is 8.25. The van der Waals surface area contributed by atoms with Gasteiger partial charge in [-0.3, -0.25) is 4.57 Å². The molecule has 0 aliphatic rings. The predicted octanol–water partition coefficient (Wildman–Crippen LogP) is 3.45. The Labute approximate surface area is 107 Å². The fourth-order valence-corrected chi connectivity index (χ4v) is 3.27. The first-order valence-electron chi connectivity index (χ1n) is 6.48. The van der Waals surface area contributed by atoms with Crippen molar-refractivity contribution in [3.05, 3.63) is 0 Å². The zero-order valence-electron chi connectivity index (χ0n) is 12.3. The number of hydrogen-bond acceptors (Lipinski definition) is 2. The highest BCUT2D eigenvalue weighted by atomic mass is 31.2. The van der Waals surface area contributed by atoms with Gasteiger partial charge in [0.05, 0.1) is 6.61 Å². The fourth-order valence-electron chi connectivity index (χ4n) is 1.69. The molecular formula is C12H29N2O2P. The van der Waals surface area contributed by atoms with E-state index >= 15 is 0 Å². The molecule has 0 amide bonds. The van der Waals surface area contributed by atoms with E-state index in [1.165, 1.54) is 12.8 Å². The van der Waals surface area contributed by atoms with Crippen molar-refractivity contribution in [2.75, 3.05) is 34.8 Å². The first-order chi connectivity index (χ1) is 7.88. The van der Waals surface area contributed by atoms with E-state index < -0.39 is 7.67 Å². The summed E-state index contributed by atoms with van der Waals surface area (Å²) >= 11 is 0. The van der Waals surface area contributed by atoms with Gasteiger partial charge in [0.2, 0.25) is 0 Å². The van der Waals surface area contributed by atoms with Crippen molar-refractivity contribution in [3.8, 4) is 0 Å². The summed E-state index contributed by atoms with van der Waals surface area (Å²) in [6.07, 6.45) is 4.67. The van der Waals surface area contributed by atoms with Crippen LogP contribution in [0.25, 0.3) is 0 Å². The molecule has 1 atom stereocenters. The zero-order chi connectivity index (χ0) is 13.5. The van der Waals surface area contributed by atoms with Gasteiger partial charge in [0.1, 0.15) is 0 Å². The van der Waals surface area contributed by atoms with E-state index in [9.17, 15) is 4.57 Å². The van der Waals surface area contributed by atoms with Gasteiger partial charge in [0.25, 0.3) is 0 Å². The van der Waals surface area contributed by atoms with Crippen LogP contribution in [0.1, 0.15) is 39.5 Å². The molecule has 0 spiro atoms. The first kappa shape index (κ1) is 17.1. The SMILES string of the molecule is CCCC[C@@H](CC)COP(=O)(N(C)C)N(C)C. The third-order valence-electron chi connectivity index (χ3n) is 3.03. The van der Waals surface area contributed by atoms with Crippen LogP contribution in [0, 0.1) is 5.92 Å². The Morgan fingerprint density at radius 2 is 1.65 bits per heavy atom. The number of unbranched alkanes of at least 4 members (excludes halogenated alkanes) is 1. The van der Waals surface area contributed by atoms with Crippen molar-refractivity contribution < 1.29 is 9.09 Å². The lowest BCUT2D eigenvalue weighted by Crippen LogP contribution is -2.24. The van der Waals surface area contributed by atoms with Gasteiger partial charge in [-0.25, -0.2) is 9.34 Å². The average Bonchev–Trinajstić information content (AvgIpc) is 2.28. The maximum Gasteiger partial charge on any atom is 0.345 e. The molecule has 4 nitrogen and oxygen atoms in total. The van der Waals surface area contributed by atoms with E-state index in [2.05, 4.69) is 13.8 Å². The van der Waals surface area contributed by atoms with Gasteiger partial charge in [0, 0.05) is 0 Å². The van der Waals surface area contributed by atoms with Gasteiger partial charge in [0.15, 0.2) is 0 Å². The van der Waals surface area contributed by atoms with Crippen molar-refractivity contribution in [1.82, 2.24) is 9.34 Å². The topological polar surface area (TPSA) is 32.8 Å². The molecular weight excluding hydrogens is 235 g/mol. The minimum atomic E-state index is -2.80. The van der Waals surface area contributed by atoms with Crippen LogP contribution >= 0.6 is 7.67 Å². The van der Waals surface area contributed by atoms with Gasteiger partial charge in [-0.1, -0.05) is 33.1 Å². The minimum Gasteiger partial charge on any atom is -0.306 e. The predicted molar refractivity (Wildman–Crippen MR) is 74.2 cm³/mol. The largest absolute Gasteiger partial charge is 0.345 e. The maximum absolute atomic E-state index is 12.5. The van der Waals surface area contributed by atoms with E-state index in [-0.39, 0.29) is 0 Å². The summed E-state index contributed by atoms with van der Waals surface area (Å²) in [5.41, 5.74) is 0. The van der Waals surface area contributed by atoms with E-state index in [4.69, 9.17) is 4.52 Å². The van der Waals surface area contributed by atoms with E-state index in [1.54, 1.807) is 37.5 Å². The fraction of sp³-hybridized carbons (Fsp3) is 1.00. The van der Waals surface area contributed by atoms with Crippen LogP contribution in [0.5, 0.6) is 0 Å². The van der Waals surface area contributed by atoms with Crippen LogP contribution in [-0.4, -0.2) is 44.1 Å². The van der Waals surface area contributed by atoms with Crippen molar-refractivity contribution in [3.63, 3.8) is 0 Å². The van der Waals surface area contributed by atoms with E-state index in [1.807, 2.05) is 0 Å². The van der Waals surface area contributed by atoms with Gasteiger partial charge < -0.3 is 4.52 Å². The number of rotatable bonds is 9. The lowest BCUT2D eigenvalue weighted by molar-refractivity contribution is 0.195. The number of nitrogens with zero attached hydrogens (tertiary/aromatic N) is 2. The molecule has 17 heavy (non-hydrogen) atoms. The van der Waals surface area contributed by atoms with Crippen LogP contribution in [0.4, 0.5) is 0 Å². The molecule has 0 heterocycles. The van der Waals surface area contributed by atoms with Crippen LogP contribution < -0.4 is 0 Å². The molecule has 104 valence electrons. The monoisotopic (exact) mass is 264 g/mol. The lowest BCUT2D eigenvalue weighted by atomic mass is 10.0. The minimum absolute atomic E-state index is 0.517. The third-order valence-corrected chi connectivity index (χ3v) is 5.54. The summed E-state index contributed by atoms with van der Waals surface area (Å²) in [4.78, 5) is 0.